The monoisotopic (exact) mass is 300 g/mol. The second-order valence-corrected chi connectivity index (χ2v) is 3.58. The highest BCUT2D eigenvalue weighted by Crippen LogP contribution is 2.36. The fourth-order valence-corrected chi connectivity index (χ4v) is 1.56. The zero-order valence-corrected chi connectivity index (χ0v) is 9.75. The maximum Gasteiger partial charge on any atom is 0.573 e. The average Bonchev–Trinajstić information content (AvgIpc) is 2.27. The molecule has 1 aromatic heterocycles. The Morgan fingerprint density at radius 3 is 2.45 bits per heavy atom. The van der Waals surface area contributed by atoms with Crippen LogP contribution in [-0.4, -0.2) is 22.4 Å². The van der Waals surface area contributed by atoms with Crippen LogP contribution in [0.4, 0.5) is 22.0 Å². The van der Waals surface area contributed by atoms with Gasteiger partial charge in [0.25, 0.3) is 6.43 Å². The van der Waals surface area contributed by atoms with Crippen LogP contribution in [0.3, 0.4) is 0 Å². The van der Waals surface area contributed by atoms with Gasteiger partial charge in [-0.15, -0.1) is 13.2 Å². The molecule has 0 radical (unpaired) electrons. The van der Waals surface area contributed by atoms with Crippen molar-refractivity contribution in [1.29, 1.82) is 0 Å². The first-order valence-electron chi connectivity index (χ1n) is 5.12. The predicted octanol–water partition coefficient (Wildman–Crippen LogP) is 2.00. The molecule has 1 rings (SSSR count). The number of carboxylic acid groups (broad SMARTS) is 1. The van der Waals surface area contributed by atoms with Gasteiger partial charge in [-0.05, 0) is 0 Å². The summed E-state index contributed by atoms with van der Waals surface area (Å²) in [5, 5.41) is 8.59. The number of aromatic nitrogens is 1. The fraction of sp³-hybridized carbons (Fsp3) is 0.400. The van der Waals surface area contributed by atoms with E-state index in [1.54, 1.807) is 0 Å². The van der Waals surface area contributed by atoms with Crippen molar-refractivity contribution >= 4 is 5.97 Å². The van der Waals surface area contributed by atoms with Gasteiger partial charge in [-0.2, -0.15) is 0 Å². The summed E-state index contributed by atoms with van der Waals surface area (Å²) in [5.74, 6) is -2.57. The van der Waals surface area contributed by atoms with Gasteiger partial charge in [0, 0.05) is 12.1 Å². The minimum absolute atomic E-state index is 0.329. The largest absolute Gasteiger partial charge is 0.573 e. The van der Waals surface area contributed by atoms with Crippen LogP contribution in [0.15, 0.2) is 6.20 Å². The van der Waals surface area contributed by atoms with Gasteiger partial charge < -0.3 is 15.6 Å². The Morgan fingerprint density at radius 2 is 2.05 bits per heavy atom. The molecule has 0 amide bonds. The molecule has 5 nitrogen and oxygen atoms in total. The maximum absolute atomic E-state index is 12.9. The molecule has 0 spiro atoms. The Morgan fingerprint density at radius 1 is 1.45 bits per heavy atom. The number of hydrogen-bond donors (Lipinski definition) is 2. The number of halogens is 5. The summed E-state index contributed by atoms with van der Waals surface area (Å²) in [4.78, 5) is 13.9. The summed E-state index contributed by atoms with van der Waals surface area (Å²) >= 11 is 0. The molecule has 10 heteroatoms. The molecule has 0 atom stereocenters. The first kappa shape index (κ1) is 16.1. The summed E-state index contributed by atoms with van der Waals surface area (Å²) in [6, 6.07) is 0. The Balaban J connectivity index is 3.37. The highest BCUT2D eigenvalue weighted by molar-refractivity contribution is 5.70. The molecule has 0 fully saturated rings. The molecule has 0 aromatic carbocycles. The SMILES string of the molecule is NCc1c(CC(=O)O)ncc(OC(F)(F)F)c1C(F)F. The molecule has 1 heterocycles. The summed E-state index contributed by atoms with van der Waals surface area (Å²) in [6.07, 6.45) is -8.82. The third-order valence-electron chi connectivity index (χ3n) is 2.24. The summed E-state index contributed by atoms with van der Waals surface area (Å²) in [5.41, 5.74) is 3.30. The van der Waals surface area contributed by atoms with Crippen molar-refractivity contribution in [2.24, 2.45) is 5.73 Å². The number of carboxylic acids is 1. The molecule has 0 aliphatic carbocycles. The third-order valence-corrected chi connectivity index (χ3v) is 2.24. The van der Waals surface area contributed by atoms with E-state index in [1.165, 1.54) is 0 Å². The summed E-state index contributed by atoms with van der Waals surface area (Å²) in [6.45, 7) is -0.593. The van der Waals surface area contributed by atoms with Crippen molar-refractivity contribution < 1.29 is 36.6 Å². The maximum atomic E-state index is 12.9. The van der Waals surface area contributed by atoms with Crippen LogP contribution in [0, 0.1) is 0 Å². The van der Waals surface area contributed by atoms with Crippen molar-refractivity contribution in [3.63, 3.8) is 0 Å². The fourth-order valence-electron chi connectivity index (χ4n) is 1.56. The lowest BCUT2D eigenvalue weighted by molar-refractivity contribution is -0.275. The van der Waals surface area contributed by atoms with Crippen LogP contribution in [0.5, 0.6) is 5.75 Å². The first-order chi connectivity index (χ1) is 9.15. The normalized spacial score (nSPS) is 11.8. The zero-order chi connectivity index (χ0) is 15.5. The van der Waals surface area contributed by atoms with Gasteiger partial charge in [0.05, 0.1) is 23.9 Å². The molecule has 0 aliphatic rings. The number of pyridine rings is 1. The number of alkyl halides is 5. The molecule has 0 saturated carbocycles. The third kappa shape index (κ3) is 4.02. The molecular weight excluding hydrogens is 291 g/mol. The molecular formula is C10H9F5N2O3. The van der Waals surface area contributed by atoms with E-state index < -0.39 is 48.6 Å². The highest BCUT2D eigenvalue weighted by Gasteiger charge is 2.35. The first-order valence-corrected chi connectivity index (χ1v) is 5.12. The van der Waals surface area contributed by atoms with Crippen LogP contribution < -0.4 is 10.5 Å². The average molecular weight is 300 g/mol. The van der Waals surface area contributed by atoms with Crippen LogP contribution in [0.2, 0.25) is 0 Å². The van der Waals surface area contributed by atoms with Crippen molar-refractivity contribution in [2.45, 2.75) is 25.8 Å². The van der Waals surface area contributed by atoms with Gasteiger partial charge in [0.15, 0.2) is 5.75 Å². The number of aliphatic carboxylic acids is 1. The van der Waals surface area contributed by atoms with E-state index in [0.29, 0.717) is 6.20 Å². The minimum Gasteiger partial charge on any atom is -0.481 e. The van der Waals surface area contributed by atoms with Crippen molar-refractivity contribution in [1.82, 2.24) is 4.98 Å². The lowest BCUT2D eigenvalue weighted by Crippen LogP contribution is -2.20. The number of carbonyl (C=O) groups is 1. The van der Waals surface area contributed by atoms with Crippen LogP contribution in [0.1, 0.15) is 23.2 Å². The molecule has 0 saturated heterocycles. The van der Waals surface area contributed by atoms with Crippen molar-refractivity contribution in [2.75, 3.05) is 0 Å². The van der Waals surface area contributed by atoms with Crippen molar-refractivity contribution in [3.05, 3.63) is 23.0 Å². The highest BCUT2D eigenvalue weighted by atomic mass is 19.4. The van der Waals surface area contributed by atoms with Gasteiger partial charge in [0.1, 0.15) is 0 Å². The Labute approximate surface area is 109 Å². The molecule has 3 N–H and O–H groups in total. The van der Waals surface area contributed by atoms with E-state index in [0.717, 1.165) is 0 Å². The van der Waals surface area contributed by atoms with E-state index in [2.05, 4.69) is 9.72 Å². The van der Waals surface area contributed by atoms with Crippen LogP contribution in [-0.2, 0) is 17.8 Å². The molecule has 0 bridgehead atoms. The van der Waals surface area contributed by atoms with E-state index in [1.807, 2.05) is 0 Å². The number of nitrogens with two attached hydrogens (primary N) is 1. The molecule has 1 aromatic rings. The molecule has 20 heavy (non-hydrogen) atoms. The van der Waals surface area contributed by atoms with Crippen molar-refractivity contribution in [3.8, 4) is 5.75 Å². The van der Waals surface area contributed by atoms with Gasteiger partial charge >= 0.3 is 12.3 Å². The van der Waals surface area contributed by atoms with Gasteiger partial charge in [-0.25, -0.2) is 8.78 Å². The van der Waals surface area contributed by atoms with E-state index in [4.69, 9.17) is 10.8 Å². The lowest BCUT2D eigenvalue weighted by atomic mass is 10.0. The Bertz CT molecular complexity index is 504. The molecule has 112 valence electrons. The quantitative estimate of drug-likeness (QED) is 0.812. The van der Waals surface area contributed by atoms with E-state index in [9.17, 15) is 26.7 Å². The Hall–Kier alpha value is -1.97. The Kier molecular flexibility index (Phi) is 4.82. The smallest absolute Gasteiger partial charge is 0.481 e. The topological polar surface area (TPSA) is 85.4 Å². The van der Waals surface area contributed by atoms with Gasteiger partial charge in [-0.1, -0.05) is 0 Å². The second kappa shape index (κ2) is 5.99. The summed E-state index contributed by atoms with van der Waals surface area (Å²) in [7, 11) is 0. The predicted molar refractivity (Wildman–Crippen MR) is 55.1 cm³/mol. The number of ether oxygens (including phenoxy) is 1. The number of hydrogen-bond acceptors (Lipinski definition) is 4. The van der Waals surface area contributed by atoms with E-state index >= 15 is 0 Å². The van der Waals surface area contributed by atoms with Crippen LogP contribution >= 0.6 is 0 Å². The van der Waals surface area contributed by atoms with Crippen LogP contribution in [0.25, 0.3) is 0 Å². The summed E-state index contributed by atoms with van der Waals surface area (Å²) < 4.78 is 65.6. The lowest BCUT2D eigenvalue weighted by Gasteiger charge is -2.17. The number of rotatable bonds is 5. The molecule has 0 aliphatic heterocycles. The van der Waals surface area contributed by atoms with E-state index in [-0.39, 0.29) is 5.69 Å². The number of nitrogens with zero attached hydrogens (tertiary/aromatic N) is 1. The molecule has 0 unspecified atom stereocenters. The second-order valence-electron chi connectivity index (χ2n) is 3.58. The zero-order valence-electron chi connectivity index (χ0n) is 9.75. The van der Waals surface area contributed by atoms with Gasteiger partial charge in [0.2, 0.25) is 0 Å². The minimum atomic E-state index is -5.18. The van der Waals surface area contributed by atoms with Gasteiger partial charge in [-0.3, -0.25) is 9.78 Å². The standard InChI is InChI=1S/C10H9F5N2O3/c11-9(12)8-4(2-16)5(1-7(18)19)17-3-6(8)20-10(13,14)15/h3,9H,1-2,16H2,(H,18,19).